The van der Waals surface area contributed by atoms with Gasteiger partial charge in [0.15, 0.2) is 0 Å². The molecule has 134 valence electrons. The smallest absolute Gasteiger partial charge is 0.0976 e. The average molecular weight is 414 g/mol. The molecule has 1 aromatic carbocycles. The van der Waals surface area contributed by atoms with E-state index in [9.17, 15) is 4.21 Å². The molecule has 1 spiro atoms. The van der Waals surface area contributed by atoms with Crippen molar-refractivity contribution in [2.24, 2.45) is 5.41 Å². The lowest BCUT2D eigenvalue weighted by Crippen LogP contribution is -2.44. The second-order valence-corrected chi connectivity index (χ2v) is 11.2. The second kappa shape index (κ2) is 6.82. The largest absolute Gasteiger partial charge is 0.381 e. The standard InChI is InChI=1S/C19H28BrNO2S/c1-18(2,3)24(22)21-17-16-11-14(20)6-5-13(16)12-19(17)9-7-15(23-4)8-10-19/h5-6,11,15,17,21H,7-10,12H2,1-4H3. The van der Waals surface area contributed by atoms with Crippen LogP contribution in [0.1, 0.15) is 63.6 Å². The number of benzene rings is 1. The molecule has 2 aliphatic rings. The van der Waals surface area contributed by atoms with Gasteiger partial charge in [0, 0.05) is 11.6 Å². The van der Waals surface area contributed by atoms with Gasteiger partial charge in [0.1, 0.15) is 0 Å². The second-order valence-electron chi connectivity index (χ2n) is 8.25. The van der Waals surface area contributed by atoms with Crippen molar-refractivity contribution in [3.63, 3.8) is 0 Å². The van der Waals surface area contributed by atoms with Crippen LogP contribution in [0.5, 0.6) is 0 Å². The highest BCUT2D eigenvalue weighted by Gasteiger charge is 2.49. The van der Waals surface area contributed by atoms with Crippen molar-refractivity contribution < 1.29 is 8.95 Å². The third-order valence-electron chi connectivity index (χ3n) is 5.62. The summed E-state index contributed by atoms with van der Waals surface area (Å²) in [6.45, 7) is 6.09. The SMILES string of the molecule is COC1CCC2(CC1)Cc1ccc(Br)cc1C2NS(=O)C(C)(C)C. The van der Waals surface area contributed by atoms with E-state index in [0.717, 1.165) is 36.6 Å². The molecule has 0 aliphatic heterocycles. The predicted octanol–water partition coefficient (Wildman–Crippen LogP) is 4.67. The Morgan fingerprint density at radius 2 is 1.96 bits per heavy atom. The summed E-state index contributed by atoms with van der Waals surface area (Å²) < 4.78 is 22.7. The molecule has 24 heavy (non-hydrogen) atoms. The van der Waals surface area contributed by atoms with E-state index in [1.165, 1.54) is 11.1 Å². The van der Waals surface area contributed by atoms with Gasteiger partial charge in [-0.05, 0) is 81.5 Å². The molecule has 0 radical (unpaired) electrons. The van der Waals surface area contributed by atoms with Gasteiger partial charge in [-0.1, -0.05) is 22.0 Å². The number of nitrogens with one attached hydrogen (secondary N) is 1. The van der Waals surface area contributed by atoms with Crippen LogP contribution in [-0.4, -0.2) is 22.2 Å². The molecule has 0 saturated heterocycles. The number of hydrogen-bond donors (Lipinski definition) is 1. The van der Waals surface area contributed by atoms with E-state index in [2.05, 4.69) is 38.9 Å². The number of fused-ring (bicyclic) bond motifs is 1. The van der Waals surface area contributed by atoms with E-state index < -0.39 is 11.0 Å². The third kappa shape index (κ3) is 3.50. The predicted molar refractivity (Wildman–Crippen MR) is 103 cm³/mol. The van der Waals surface area contributed by atoms with Crippen LogP contribution >= 0.6 is 15.9 Å². The van der Waals surface area contributed by atoms with Crippen molar-refractivity contribution in [1.29, 1.82) is 0 Å². The Morgan fingerprint density at radius 1 is 1.29 bits per heavy atom. The number of hydrogen-bond acceptors (Lipinski definition) is 2. The maximum absolute atomic E-state index is 12.8. The van der Waals surface area contributed by atoms with E-state index in [0.29, 0.717) is 6.10 Å². The van der Waals surface area contributed by atoms with Gasteiger partial charge in [-0.3, -0.25) is 0 Å². The Labute approximate surface area is 156 Å². The van der Waals surface area contributed by atoms with Crippen molar-refractivity contribution in [1.82, 2.24) is 4.72 Å². The van der Waals surface area contributed by atoms with Crippen LogP contribution in [0, 0.1) is 5.41 Å². The Hall–Kier alpha value is -0.230. The molecule has 0 amide bonds. The summed E-state index contributed by atoms with van der Waals surface area (Å²) in [6, 6.07) is 6.72. The Morgan fingerprint density at radius 3 is 2.54 bits per heavy atom. The Balaban J connectivity index is 1.93. The van der Waals surface area contributed by atoms with E-state index in [-0.39, 0.29) is 16.2 Å². The van der Waals surface area contributed by atoms with Gasteiger partial charge in [0.2, 0.25) is 0 Å². The highest BCUT2D eigenvalue weighted by Crippen LogP contribution is 2.55. The minimum absolute atomic E-state index is 0.155. The number of methoxy groups -OCH3 is 1. The first-order chi connectivity index (χ1) is 11.2. The maximum Gasteiger partial charge on any atom is 0.0976 e. The highest BCUT2D eigenvalue weighted by molar-refractivity contribution is 9.10. The van der Waals surface area contributed by atoms with Gasteiger partial charge in [-0.2, -0.15) is 0 Å². The zero-order valence-electron chi connectivity index (χ0n) is 15.0. The summed E-state index contributed by atoms with van der Waals surface area (Å²) in [7, 11) is 0.737. The van der Waals surface area contributed by atoms with Crippen LogP contribution < -0.4 is 4.72 Å². The van der Waals surface area contributed by atoms with Crippen LogP contribution in [0.3, 0.4) is 0 Å². The molecular formula is C19H28BrNO2S. The molecule has 3 nitrogen and oxygen atoms in total. The molecule has 0 aromatic heterocycles. The number of halogens is 1. The summed E-state index contributed by atoms with van der Waals surface area (Å²) in [4.78, 5) is 0. The minimum atomic E-state index is -1.08. The molecular weight excluding hydrogens is 386 g/mol. The van der Waals surface area contributed by atoms with Crippen LogP contribution in [0.25, 0.3) is 0 Å². The maximum atomic E-state index is 12.8. The number of rotatable bonds is 3. The first-order valence-electron chi connectivity index (χ1n) is 8.74. The van der Waals surface area contributed by atoms with Gasteiger partial charge in [-0.25, -0.2) is 8.93 Å². The zero-order chi connectivity index (χ0) is 17.5. The third-order valence-corrected chi connectivity index (χ3v) is 7.67. The molecule has 2 aliphatic carbocycles. The van der Waals surface area contributed by atoms with Crippen molar-refractivity contribution >= 4 is 26.9 Å². The molecule has 1 N–H and O–H groups in total. The lowest BCUT2D eigenvalue weighted by molar-refractivity contribution is 0.0188. The van der Waals surface area contributed by atoms with E-state index in [1.54, 1.807) is 0 Å². The average Bonchev–Trinajstić information content (AvgIpc) is 2.81. The summed E-state index contributed by atoms with van der Waals surface area (Å²) in [5.74, 6) is 0. The fourth-order valence-corrected chi connectivity index (χ4v) is 5.47. The lowest BCUT2D eigenvalue weighted by Gasteiger charge is -2.42. The van der Waals surface area contributed by atoms with Crippen LogP contribution in [0.15, 0.2) is 22.7 Å². The molecule has 1 fully saturated rings. The summed E-state index contributed by atoms with van der Waals surface area (Å²) in [5.41, 5.74) is 2.88. The van der Waals surface area contributed by atoms with Gasteiger partial charge < -0.3 is 4.74 Å². The first kappa shape index (κ1) is 18.6. The molecule has 2 atom stereocenters. The zero-order valence-corrected chi connectivity index (χ0v) is 17.4. The highest BCUT2D eigenvalue weighted by atomic mass is 79.9. The van der Waals surface area contributed by atoms with E-state index in [1.807, 2.05) is 27.9 Å². The van der Waals surface area contributed by atoms with E-state index >= 15 is 0 Å². The summed E-state index contributed by atoms with van der Waals surface area (Å²) in [6.07, 6.45) is 5.87. The Kier molecular flexibility index (Phi) is 5.28. The van der Waals surface area contributed by atoms with Crippen LogP contribution in [0.2, 0.25) is 0 Å². The van der Waals surface area contributed by atoms with Gasteiger partial charge >= 0.3 is 0 Å². The van der Waals surface area contributed by atoms with Crippen molar-refractivity contribution in [3.05, 3.63) is 33.8 Å². The molecule has 3 rings (SSSR count). The van der Waals surface area contributed by atoms with Crippen LogP contribution in [0.4, 0.5) is 0 Å². The van der Waals surface area contributed by atoms with Gasteiger partial charge in [0.25, 0.3) is 0 Å². The van der Waals surface area contributed by atoms with Gasteiger partial charge in [-0.15, -0.1) is 0 Å². The molecule has 0 bridgehead atoms. The van der Waals surface area contributed by atoms with Crippen molar-refractivity contribution in [2.45, 2.75) is 69.8 Å². The number of ether oxygens (including phenoxy) is 1. The fourth-order valence-electron chi connectivity index (χ4n) is 4.15. The molecule has 5 heteroatoms. The molecule has 0 heterocycles. The summed E-state index contributed by atoms with van der Waals surface area (Å²) in [5, 5.41) is 0. The van der Waals surface area contributed by atoms with Crippen molar-refractivity contribution in [2.75, 3.05) is 7.11 Å². The van der Waals surface area contributed by atoms with E-state index in [4.69, 9.17) is 4.74 Å². The quantitative estimate of drug-likeness (QED) is 0.781. The normalized spacial score (nSPS) is 31.2. The Bertz CT molecular complexity index is 633. The molecule has 2 unspecified atom stereocenters. The lowest BCUT2D eigenvalue weighted by atomic mass is 9.69. The first-order valence-corrected chi connectivity index (χ1v) is 10.7. The summed E-state index contributed by atoms with van der Waals surface area (Å²) >= 11 is 3.61. The molecule has 1 aromatic rings. The van der Waals surface area contributed by atoms with Gasteiger partial charge in [0.05, 0.1) is 27.9 Å². The monoisotopic (exact) mass is 413 g/mol. The van der Waals surface area contributed by atoms with Crippen molar-refractivity contribution in [3.8, 4) is 0 Å². The fraction of sp³-hybridized carbons (Fsp3) is 0.684. The van der Waals surface area contributed by atoms with Crippen LogP contribution in [-0.2, 0) is 22.1 Å². The molecule has 1 saturated carbocycles. The minimum Gasteiger partial charge on any atom is -0.381 e. The topological polar surface area (TPSA) is 38.3 Å².